The molecular weight excluding hydrogens is 234 g/mol. The van der Waals surface area contributed by atoms with Gasteiger partial charge in [0.15, 0.2) is 0 Å². The Bertz CT molecular complexity index is 592. The Morgan fingerprint density at radius 2 is 2.41 bits per heavy atom. The molecule has 2 unspecified atom stereocenters. The lowest BCUT2D eigenvalue weighted by molar-refractivity contribution is 0.0954. The number of carbonyl (C=O) groups excluding carboxylic acids is 1. The summed E-state index contributed by atoms with van der Waals surface area (Å²) in [6.07, 6.45) is 2.75. The van der Waals surface area contributed by atoms with Crippen LogP contribution in [0, 0.1) is 5.92 Å². The van der Waals surface area contributed by atoms with Gasteiger partial charge in [0.1, 0.15) is 10.4 Å². The first-order valence-corrected chi connectivity index (χ1v) is 6.42. The van der Waals surface area contributed by atoms with Crippen LogP contribution in [0.15, 0.2) is 18.3 Å². The number of nitrogen functional groups attached to an aromatic ring is 1. The van der Waals surface area contributed by atoms with Gasteiger partial charge in [0, 0.05) is 12.2 Å². The predicted octanol–water partition coefficient (Wildman–Crippen LogP) is 2.02. The van der Waals surface area contributed by atoms with Gasteiger partial charge in [-0.25, -0.2) is 0 Å². The second-order valence-corrected chi connectivity index (χ2v) is 5.54. The summed E-state index contributed by atoms with van der Waals surface area (Å²) in [5, 5.41) is 2.99. The van der Waals surface area contributed by atoms with Gasteiger partial charge in [0.25, 0.3) is 5.91 Å². The number of hydrogen-bond donors (Lipinski definition) is 2. The van der Waals surface area contributed by atoms with E-state index in [9.17, 15) is 4.79 Å². The smallest absolute Gasteiger partial charge is 0.263 e. The lowest BCUT2D eigenvalue weighted by Crippen LogP contribution is -2.26. The molecule has 0 radical (unpaired) electrons. The highest BCUT2D eigenvalue weighted by Crippen LogP contribution is 2.34. The van der Waals surface area contributed by atoms with Crippen molar-refractivity contribution in [2.24, 2.45) is 5.92 Å². The number of nitrogens with zero attached hydrogens (tertiary/aromatic N) is 1. The molecule has 5 heteroatoms. The number of thiophene rings is 1. The first kappa shape index (κ1) is 10.5. The van der Waals surface area contributed by atoms with Crippen LogP contribution < -0.4 is 11.1 Å². The monoisotopic (exact) mass is 247 g/mol. The second kappa shape index (κ2) is 3.70. The van der Waals surface area contributed by atoms with Gasteiger partial charge in [-0.2, -0.15) is 0 Å². The number of nitrogens with one attached hydrogen (secondary N) is 1. The fraction of sp³-hybridized carbons (Fsp3) is 0.333. The highest BCUT2D eigenvalue weighted by Gasteiger charge is 2.34. The molecule has 1 saturated carbocycles. The molecule has 0 spiro atoms. The predicted molar refractivity (Wildman–Crippen MR) is 69.1 cm³/mol. The van der Waals surface area contributed by atoms with Crippen LogP contribution in [0.1, 0.15) is 23.0 Å². The van der Waals surface area contributed by atoms with Crippen LogP contribution in [0.2, 0.25) is 0 Å². The number of pyridine rings is 1. The van der Waals surface area contributed by atoms with E-state index in [0.717, 1.165) is 16.6 Å². The maximum Gasteiger partial charge on any atom is 0.263 e. The third kappa shape index (κ3) is 1.76. The zero-order chi connectivity index (χ0) is 12.0. The number of fused-ring (bicyclic) bond motifs is 1. The van der Waals surface area contributed by atoms with E-state index in [4.69, 9.17) is 5.73 Å². The number of nitrogens with two attached hydrogens (primary N) is 1. The Kier molecular flexibility index (Phi) is 2.29. The molecule has 1 fully saturated rings. The highest BCUT2D eigenvalue weighted by atomic mass is 32.1. The Labute approximate surface area is 103 Å². The summed E-state index contributed by atoms with van der Waals surface area (Å²) in [7, 11) is 0. The van der Waals surface area contributed by atoms with Crippen molar-refractivity contribution in [3.05, 3.63) is 23.2 Å². The molecule has 1 aliphatic rings. The number of rotatable bonds is 2. The van der Waals surface area contributed by atoms with Crippen LogP contribution in [0.3, 0.4) is 0 Å². The SMILES string of the molecule is CC1CC1NC(=O)c1sc2cccnc2c1N. The molecule has 3 N–H and O–H groups in total. The van der Waals surface area contributed by atoms with E-state index in [0.29, 0.717) is 22.5 Å². The summed E-state index contributed by atoms with van der Waals surface area (Å²) in [5.74, 6) is 0.521. The zero-order valence-corrected chi connectivity index (χ0v) is 10.3. The van der Waals surface area contributed by atoms with Gasteiger partial charge in [-0.15, -0.1) is 11.3 Å². The quantitative estimate of drug-likeness (QED) is 0.853. The number of hydrogen-bond acceptors (Lipinski definition) is 4. The minimum Gasteiger partial charge on any atom is -0.396 e. The maximum absolute atomic E-state index is 12.0. The molecule has 0 aromatic carbocycles. The van der Waals surface area contributed by atoms with Gasteiger partial charge in [-0.05, 0) is 24.5 Å². The summed E-state index contributed by atoms with van der Waals surface area (Å²) in [6.45, 7) is 2.13. The number of amides is 1. The fourth-order valence-corrected chi connectivity index (χ4v) is 2.86. The summed E-state index contributed by atoms with van der Waals surface area (Å²) < 4.78 is 0.957. The molecule has 3 rings (SSSR count). The van der Waals surface area contributed by atoms with Gasteiger partial charge >= 0.3 is 0 Å². The minimum atomic E-state index is -0.0696. The van der Waals surface area contributed by atoms with Crippen LogP contribution in [0.5, 0.6) is 0 Å². The van der Waals surface area contributed by atoms with E-state index in [1.165, 1.54) is 11.3 Å². The van der Waals surface area contributed by atoms with Crippen molar-refractivity contribution in [1.29, 1.82) is 0 Å². The molecule has 2 aromatic heterocycles. The molecule has 2 atom stereocenters. The average molecular weight is 247 g/mol. The van der Waals surface area contributed by atoms with E-state index < -0.39 is 0 Å². The van der Waals surface area contributed by atoms with Crippen LogP contribution in [0.25, 0.3) is 10.2 Å². The van der Waals surface area contributed by atoms with Crippen molar-refractivity contribution >= 4 is 33.1 Å². The van der Waals surface area contributed by atoms with Crippen molar-refractivity contribution in [2.75, 3.05) is 5.73 Å². The summed E-state index contributed by atoms with van der Waals surface area (Å²) in [4.78, 5) is 16.8. The summed E-state index contributed by atoms with van der Waals surface area (Å²) in [6, 6.07) is 4.10. The van der Waals surface area contributed by atoms with Gasteiger partial charge < -0.3 is 11.1 Å². The normalized spacial score (nSPS) is 22.6. The van der Waals surface area contributed by atoms with Crippen LogP contribution in [-0.4, -0.2) is 16.9 Å². The van der Waals surface area contributed by atoms with Crippen LogP contribution in [-0.2, 0) is 0 Å². The van der Waals surface area contributed by atoms with Gasteiger partial charge in [0.05, 0.1) is 10.4 Å². The lowest BCUT2D eigenvalue weighted by Gasteiger charge is -2.01. The molecule has 0 aliphatic heterocycles. The van der Waals surface area contributed by atoms with E-state index in [1.807, 2.05) is 12.1 Å². The van der Waals surface area contributed by atoms with Crippen molar-refractivity contribution in [3.63, 3.8) is 0 Å². The zero-order valence-electron chi connectivity index (χ0n) is 9.43. The Morgan fingerprint density at radius 1 is 1.65 bits per heavy atom. The number of carbonyl (C=O) groups is 1. The standard InChI is InChI=1S/C12H13N3OS/c1-6-5-7(6)15-12(16)11-9(13)10-8(17-11)3-2-4-14-10/h2-4,6-7H,5,13H2,1H3,(H,15,16). The minimum absolute atomic E-state index is 0.0696. The third-order valence-corrected chi connectivity index (χ3v) is 4.27. The highest BCUT2D eigenvalue weighted by molar-refractivity contribution is 7.21. The van der Waals surface area contributed by atoms with E-state index >= 15 is 0 Å². The number of aromatic nitrogens is 1. The Morgan fingerprint density at radius 3 is 3.06 bits per heavy atom. The molecule has 1 amide bonds. The van der Waals surface area contributed by atoms with Crippen LogP contribution in [0.4, 0.5) is 5.69 Å². The molecular formula is C12H13N3OS. The maximum atomic E-state index is 12.0. The van der Waals surface area contributed by atoms with Crippen molar-refractivity contribution in [1.82, 2.24) is 10.3 Å². The first-order valence-electron chi connectivity index (χ1n) is 5.60. The van der Waals surface area contributed by atoms with Crippen LogP contribution >= 0.6 is 11.3 Å². The van der Waals surface area contributed by atoms with E-state index in [-0.39, 0.29) is 5.91 Å². The summed E-state index contributed by atoms with van der Waals surface area (Å²) >= 11 is 1.40. The van der Waals surface area contributed by atoms with Gasteiger partial charge in [-0.3, -0.25) is 9.78 Å². The molecule has 17 heavy (non-hydrogen) atoms. The van der Waals surface area contributed by atoms with Crippen molar-refractivity contribution in [3.8, 4) is 0 Å². The molecule has 2 heterocycles. The molecule has 4 nitrogen and oxygen atoms in total. The molecule has 0 bridgehead atoms. The third-order valence-electron chi connectivity index (χ3n) is 3.11. The molecule has 0 saturated heterocycles. The van der Waals surface area contributed by atoms with Gasteiger partial charge in [0.2, 0.25) is 0 Å². The number of anilines is 1. The fourth-order valence-electron chi connectivity index (χ4n) is 1.87. The topological polar surface area (TPSA) is 68.0 Å². The Hall–Kier alpha value is -1.62. The molecule has 2 aromatic rings. The van der Waals surface area contributed by atoms with Crippen molar-refractivity contribution in [2.45, 2.75) is 19.4 Å². The van der Waals surface area contributed by atoms with Crippen molar-refractivity contribution < 1.29 is 4.79 Å². The lowest BCUT2D eigenvalue weighted by atomic mass is 10.3. The molecule has 1 aliphatic carbocycles. The van der Waals surface area contributed by atoms with E-state index in [2.05, 4.69) is 17.2 Å². The summed E-state index contributed by atoms with van der Waals surface area (Å²) in [5.41, 5.74) is 7.18. The van der Waals surface area contributed by atoms with E-state index in [1.54, 1.807) is 6.20 Å². The van der Waals surface area contributed by atoms with Gasteiger partial charge in [-0.1, -0.05) is 6.92 Å². The average Bonchev–Trinajstić information content (AvgIpc) is 2.89. The largest absolute Gasteiger partial charge is 0.396 e. The second-order valence-electron chi connectivity index (χ2n) is 4.49. The Balaban J connectivity index is 1.94. The molecule has 88 valence electrons. The first-order chi connectivity index (χ1) is 8.16.